The zero-order valence-corrected chi connectivity index (χ0v) is 4.72. The number of carboxylic acids is 1. The lowest BCUT2D eigenvalue weighted by Gasteiger charge is -1.71. The second-order valence-corrected chi connectivity index (χ2v) is 0.914. The molecule has 0 fully saturated rings. The van der Waals surface area contributed by atoms with Crippen LogP contribution in [0.5, 0.6) is 0 Å². The monoisotopic (exact) mass is 118 g/mol. The summed E-state index contributed by atoms with van der Waals surface area (Å²) in [5.74, 6) is -0.745. The smallest absolute Gasteiger partial charge is 0.303 e. The van der Waals surface area contributed by atoms with Crippen LogP contribution in [0.25, 0.3) is 0 Å². The molecule has 0 unspecified atom stereocenters. The van der Waals surface area contributed by atoms with Crippen molar-refractivity contribution in [2.24, 2.45) is 5.73 Å². The van der Waals surface area contributed by atoms with Crippen LogP contribution < -0.4 is 5.73 Å². The summed E-state index contributed by atoms with van der Waals surface area (Å²) in [7, 11) is 0. The molecule has 0 aromatic carbocycles. The number of nitrogens with two attached hydrogens (primary N) is 1. The van der Waals surface area contributed by atoms with Crippen molar-refractivity contribution in [3.8, 4) is 0 Å². The number of nitrogens with one attached hydrogen (secondary N) is 1. The fourth-order valence-electron chi connectivity index (χ4n) is 0. The van der Waals surface area contributed by atoms with Crippen LogP contribution in [0, 0.1) is 5.41 Å². The normalized spacial score (nSPS) is 6.12. The SMILES string of the molecule is CCC(=O)O.N=CN. The third-order valence-corrected chi connectivity index (χ3v) is 0.302. The Kier molecular flexibility index (Phi) is 11.7. The maximum absolute atomic E-state index is 9.37. The summed E-state index contributed by atoms with van der Waals surface area (Å²) in [6.45, 7) is 1.60. The Morgan fingerprint density at radius 2 is 2.12 bits per heavy atom. The van der Waals surface area contributed by atoms with Crippen LogP contribution in [0.15, 0.2) is 0 Å². The van der Waals surface area contributed by atoms with Gasteiger partial charge in [0.1, 0.15) is 0 Å². The van der Waals surface area contributed by atoms with E-state index >= 15 is 0 Å². The summed E-state index contributed by atoms with van der Waals surface area (Å²) < 4.78 is 0. The zero-order chi connectivity index (χ0) is 6.99. The standard InChI is InChI=1S/C3H6O2.CH4N2/c1-2-3(4)5;2-1-3/h2H2,1H3,(H,4,5);1H,(H3,2,3). The van der Waals surface area contributed by atoms with Gasteiger partial charge in [-0.1, -0.05) is 6.92 Å². The van der Waals surface area contributed by atoms with Gasteiger partial charge in [-0.3, -0.25) is 10.2 Å². The van der Waals surface area contributed by atoms with Crippen molar-refractivity contribution in [1.29, 1.82) is 5.41 Å². The van der Waals surface area contributed by atoms with Gasteiger partial charge >= 0.3 is 5.97 Å². The van der Waals surface area contributed by atoms with E-state index in [-0.39, 0.29) is 6.42 Å². The molecule has 0 rings (SSSR count). The van der Waals surface area contributed by atoms with Gasteiger partial charge in [0.25, 0.3) is 0 Å². The van der Waals surface area contributed by atoms with E-state index in [0.717, 1.165) is 6.34 Å². The second kappa shape index (κ2) is 9.34. The van der Waals surface area contributed by atoms with E-state index in [9.17, 15) is 4.79 Å². The Bertz CT molecular complexity index is 72.4. The quantitative estimate of drug-likeness (QED) is 0.335. The maximum atomic E-state index is 9.37. The van der Waals surface area contributed by atoms with E-state index in [0.29, 0.717) is 0 Å². The number of carbonyl (C=O) groups is 1. The summed E-state index contributed by atoms with van der Waals surface area (Å²) >= 11 is 0. The fraction of sp³-hybridized carbons (Fsp3) is 0.500. The van der Waals surface area contributed by atoms with E-state index in [4.69, 9.17) is 10.5 Å². The fourth-order valence-corrected chi connectivity index (χ4v) is 0. The Balaban J connectivity index is 0. The van der Waals surface area contributed by atoms with Gasteiger partial charge < -0.3 is 10.8 Å². The molecule has 0 saturated carbocycles. The van der Waals surface area contributed by atoms with Crippen LogP contribution in [-0.4, -0.2) is 17.4 Å². The molecule has 0 aliphatic heterocycles. The molecule has 0 radical (unpaired) electrons. The van der Waals surface area contributed by atoms with E-state index in [1.807, 2.05) is 0 Å². The third kappa shape index (κ3) is 86.8. The highest BCUT2D eigenvalue weighted by atomic mass is 16.4. The van der Waals surface area contributed by atoms with Crippen LogP contribution in [-0.2, 0) is 4.79 Å². The van der Waals surface area contributed by atoms with E-state index in [2.05, 4.69) is 5.73 Å². The van der Waals surface area contributed by atoms with Gasteiger partial charge in [0, 0.05) is 6.42 Å². The van der Waals surface area contributed by atoms with Gasteiger partial charge in [0.15, 0.2) is 0 Å². The van der Waals surface area contributed by atoms with Gasteiger partial charge in [-0.05, 0) is 0 Å². The number of rotatable bonds is 1. The molecule has 0 spiro atoms. The largest absolute Gasteiger partial charge is 0.481 e. The first-order chi connectivity index (χ1) is 3.68. The van der Waals surface area contributed by atoms with Gasteiger partial charge in [-0.15, -0.1) is 0 Å². The van der Waals surface area contributed by atoms with Crippen molar-refractivity contribution in [2.45, 2.75) is 13.3 Å². The minimum absolute atomic E-state index is 0.222. The van der Waals surface area contributed by atoms with Crippen molar-refractivity contribution in [3.63, 3.8) is 0 Å². The Morgan fingerprint density at radius 1 is 2.00 bits per heavy atom. The summed E-state index contributed by atoms with van der Waals surface area (Å²) in [6, 6.07) is 0. The average Bonchev–Trinajstić information content (AvgIpc) is 1.69. The van der Waals surface area contributed by atoms with Gasteiger partial charge in [-0.2, -0.15) is 0 Å². The number of hydrogen-bond donors (Lipinski definition) is 3. The Morgan fingerprint density at radius 3 is 2.12 bits per heavy atom. The predicted molar refractivity (Wildman–Crippen MR) is 30.9 cm³/mol. The molecule has 4 N–H and O–H groups in total. The first-order valence-corrected chi connectivity index (χ1v) is 2.11. The second-order valence-electron chi connectivity index (χ2n) is 0.914. The number of carboxylic acid groups (broad SMARTS) is 1. The minimum Gasteiger partial charge on any atom is -0.481 e. The first-order valence-electron chi connectivity index (χ1n) is 2.11. The maximum Gasteiger partial charge on any atom is 0.303 e. The molecule has 0 bridgehead atoms. The van der Waals surface area contributed by atoms with Crippen molar-refractivity contribution in [3.05, 3.63) is 0 Å². The molecule has 0 heterocycles. The molecular weight excluding hydrogens is 108 g/mol. The first kappa shape index (κ1) is 10.0. The molecule has 0 aromatic rings. The number of hydrogen-bond acceptors (Lipinski definition) is 2. The van der Waals surface area contributed by atoms with Crippen molar-refractivity contribution < 1.29 is 9.90 Å². The molecule has 0 aliphatic carbocycles. The average molecular weight is 118 g/mol. The lowest BCUT2D eigenvalue weighted by Crippen LogP contribution is -1.86. The molecule has 4 heteroatoms. The lowest BCUT2D eigenvalue weighted by atomic mass is 10.5. The molecule has 48 valence electrons. The van der Waals surface area contributed by atoms with Crippen LogP contribution in [0.3, 0.4) is 0 Å². The van der Waals surface area contributed by atoms with Crippen LogP contribution in [0.2, 0.25) is 0 Å². The topological polar surface area (TPSA) is 87.2 Å². The Hall–Kier alpha value is -1.06. The molecule has 0 aromatic heterocycles. The minimum atomic E-state index is -0.745. The van der Waals surface area contributed by atoms with Crippen molar-refractivity contribution in [2.75, 3.05) is 0 Å². The van der Waals surface area contributed by atoms with Crippen LogP contribution in [0.4, 0.5) is 0 Å². The Labute approximate surface area is 47.8 Å². The van der Waals surface area contributed by atoms with Gasteiger partial charge in [0.05, 0.1) is 6.34 Å². The van der Waals surface area contributed by atoms with Crippen molar-refractivity contribution >= 4 is 12.3 Å². The summed E-state index contributed by atoms with van der Waals surface area (Å²) in [5.41, 5.74) is 4.39. The highest BCUT2D eigenvalue weighted by Gasteiger charge is 1.80. The molecule has 0 aliphatic rings. The van der Waals surface area contributed by atoms with Gasteiger partial charge in [0.2, 0.25) is 0 Å². The summed E-state index contributed by atoms with van der Waals surface area (Å²) in [5, 5.41) is 13.6. The highest BCUT2D eigenvalue weighted by molar-refractivity contribution is 5.66. The lowest BCUT2D eigenvalue weighted by molar-refractivity contribution is -0.136. The zero-order valence-electron chi connectivity index (χ0n) is 4.72. The molecular formula is C4H10N2O2. The highest BCUT2D eigenvalue weighted by Crippen LogP contribution is 1.67. The molecule has 4 nitrogen and oxygen atoms in total. The molecule has 0 atom stereocenters. The van der Waals surface area contributed by atoms with E-state index in [1.165, 1.54) is 0 Å². The predicted octanol–water partition coefficient (Wildman–Crippen LogP) is 0.0332. The van der Waals surface area contributed by atoms with E-state index < -0.39 is 5.97 Å². The molecule has 8 heavy (non-hydrogen) atoms. The molecule has 0 saturated heterocycles. The number of aliphatic carboxylic acids is 1. The third-order valence-electron chi connectivity index (χ3n) is 0.302. The van der Waals surface area contributed by atoms with E-state index in [1.54, 1.807) is 6.92 Å². The van der Waals surface area contributed by atoms with Crippen LogP contribution in [0.1, 0.15) is 13.3 Å². The van der Waals surface area contributed by atoms with Crippen LogP contribution >= 0.6 is 0 Å². The molecule has 0 amide bonds. The van der Waals surface area contributed by atoms with Gasteiger partial charge in [-0.25, -0.2) is 0 Å². The summed E-state index contributed by atoms with van der Waals surface area (Å²) in [6.07, 6.45) is 0.972. The van der Waals surface area contributed by atoms with Crippen molar-refractivity contribution in [1.82, 2.24) is 0 Å². The summed E-state index contributed by atoms with van der Waals surface area (Å²) in [4.78, 5) is 9.37.